The predicted octanol–water partition coefficient (Wildman–Crippen LogP) is 6.89. The van der Waals surface area contributed by atoms with Gasteiger partial charge in [0.1, 0.15) is 5.75 Å². The third-order valence-corrected chi connectivity index (χ3v) is 7.44. The van der Waals surface area contributed by atoms with Crippen molar-refractivity contribution in [2.45, 2.75) is 39.3 Å². The zero-order valence-electron chi connectivity index (χ0n) is 20.8. The molecule has 0 aliphatic carbocycles. The van der Waals surface area contributed by atoms with Gasteiger partial charge in [-0.05, 0) is 92.1 Å². The van der Waals surface area contributed by atoms with Crippen LogP contribution in [-0.2, 0) is 6.42 Å². The van der Waals surface area contributed by atoms with E-state index in [2.05, 4.69) is 76.9 Å². The lowest BCUT2D eigenvalue weighted by Crippen LogP contribution is -2.29. The molecule has 1 fully saturated rings. The van der Waals surface area contributed by atoms with Gasteiger partial charge < -0.3 is 19.5 Å². The summed E-state index contributed by atoms with van der Waals surface area (Å²) in [7, 11) is 1.68. The largest absolute Gasteiger partial charge is 0.495 e. The van der Waals surface area contributed by atoms with Gasteiger partial charge in [-0.1, -0.05) is 36.7 Å². The number of ether oxygens (including phenoxy) is 1. The molecule has 5 nitrogen and oxygen atoms in total. The van der Waals surface area contributed by atoms with Crippen molar-refractivity contribution in [3.63, 3.8) is 0 Å². The summed E-state index contributed by atoms with van der Waals surface area (Å²) in [4.78, 5) is 6.91. The van der Waals surface area contributed by atoms with E-state index >= 15 is 0 Å². The van der Waals surface area contributed by atoms with Crippen LogP contribution in [0.4, 0.5) is 5.69 Å². The van der Waals surface area contributed by atoms with Crippen LogP contribution >= 0.6 is 23.8 Å². The fraction of sp³-hybridized carbons (Fsp3) is 0.241. The molecule has 5 rings (SSSR count). The molecular weight excluding hydrogens is 488 g/mol. The molecule has 0 radical (unpaired) electrons. The number of hydrogen-bond donors (Lipinski definition) is 1. The second kappa shape index (κ2) is 9.96. The highest BCUT2D eigenvalue weighted by molar-refractivity contribution is 7.80. The van der Waals surface area contributed by atoms with Gasteiger partial charge in [0.05, 0.1) is 30.6 Å². The van der Waals surface area contributed by atoms with Gasteiger partial charge in [-0.25, -0.2) is 0 Å². The van der Waals surface area contributed by atoms with Crippen LogP contribution in [-0.4, -0.2) is 21.8 Å². The van der Waals surface area contributed by atoms with Crippen molar-refractivity contribution < 1.29 is 4.74 Å². The molecule has 1 saturated heterocycles. The van der Waals surface area contributed by atoms with Gasteiger partial charge in [0.25, 0.3) is 0 Å². The molecule has 2 atom stereocenters. The highest BCUT2D eigenvalue weighted by Crippen LogP contribution is 2.44. The molecule has 1 aliphatic rings. The fourth-order valence-corrected chi connectivity index (χ4v) is 5.65. The first kappa shape index (κ1) is 24.3. The molecule has 7 heteroatoms. The Balaban J connectivity index is 1.69. The second-order valence-electron chi connectivity index (χ2n) is 8.99. The van der Waals surface area contributed by atoms with Crippen molar-refractivity contribution in [2.75, 3.05) is 12.0 Å². The lowest BCUT2D eigenvalue weighted by molar-refractivity contribution is 0.412. The lowest BCUT2D eigenvalue weighted by Gasteiger charge is -2.28. The van der Waals surface area contributed by atoms with Crippen molar-refractivity contribution in [3.8, 4) is 11.4 Å². The molecule has 0 spiro atoms. The zero-order valence-corrected chi connectivity index (χ0v) is 22.4. The van der Waals surface area contributed by atoms with E-state index in [0.717, 1.165) is 46.2 Å². The topological polar surface area (TPSA) is 42.3 Å². The average molecular weight is 517 g/mol. The van der Waals surface area contributed by atoms with E-state index < -0.39 is 0 Å². The molecule has 2 aromatic carbocycles. The number of aryl methyl sites for hydroxylation is 2. The van der Waals surface area contributed by atoms with Crippen LogP contribution in [0.1, 0.15) is 47.2 Å². The van der Waals surface area contributed by atoms with Crippen LogP contribution in [0.25, 0.3) is 5.69 Å². The summed E-state index contributed by atoms with van der Waals surface area (Å²) in [5.41, 5.74) is 7.55. The van der Waals surface area contributed by atoms with Crippen LogP contribution in [0.3, 0.4) is 0 Å². The number of nitrogens with zero attached hydrogens (tertiary/aromatic N) is 3. The maximum Gasteiger partial charge on any atom is 0.174 e. The van der Waals surface area contributed by atoms with Crippen molar-refractivity contribution in [1.29, 1.82) is 0 Å². The first-order chi connectivity index (χ1) is 17.4. The Hall–Kier alpha value is -3.35. The number of halogens is 1. The number of anilines is 1. The number of benzene rings is 2. The van der Waals surface area contributed by atoms with Crippen LogP contribution in [0.5, 0.6) is 5.75 Å². The highest BCUT2D eigenvalue weighted by atomic mass is 35.5. The molecule has 3 heterocycles. The van der Waals surface area contributed by atoms with Gasteiger partial charge in [0.15, 0.2) is 5.11 Å². The molecule has 2 unspecified atom stereocenters. The van der Waals surface area contributed by atoms with Crippen LogP contribution < -0.4 is 15.0 Å². The van der Waals surface area contributed by atoms with Gasteiger partial charge in [-0.15, -0.1) is 0 Å². The van der Waals surface area contributed by atoms with E-state index in [1.165, 1.54) is 5.56 Å². The molecule has 184 valence electrons. The summed E-state index contributed by atoms with van der Waals surface area (Å²) < 4.78 is 7.89. The lowest BCUT2D eigenvalue weighted by atomic mass is 9.96. The number of methoxy groups -OCH3 is 1. The summed E-state index contributed by atoms with van der Waals surface area (Å²) in [6.45, 7) is 6.40. The molecule has 2 aromatic heterocycles. The second-order valence-corrected chi connectivity index (χ2v) is 9.82. The summed E-state index contributed by atoms with van der Waals surface area (Å²) in [5.74, 6) is 0.765. The van der Waals surface area contributed by atoms with E-state index in [0.29, 0.717) is 10.1 Å². The van der Waals surface area contributed by atoms with Gasteiger partial charge >= 0.3 is 0 Å². The highest BCUT2D eigenvalue weighted by Gasteiger charge is 2.42. The van der Waals surface area contributed by atoms with E-state index in [1.807, 2.05) is 36.5 Å². The van der Waals surface area contributed by atoms with Crippen molar-refractivity contribution in [1.82, 2.24) is 14.9 Å². The standard InChI is InChI=1S/C29H29ClN4OS/c1-5-20-9-12-22(13-10-20)34-28(27(32-29(34)36)24-8-6-7-15-31-24)23-16-18(2)33(19(23)3)25-17-21(30)11-14-26(25)35-4/h6-17,27-28H,5H2,1-4H3,(H,32,36). The van der Waals surface area contributed by atoms with Crippen molar-refractivity contribution in [2.24, 2.45) is 0 Å². The van der Waals surface area contributed by atoms with E-state index in [-0.39, 0.29) is 12.1 Å². The Kier molecular flexibility index (Phi) is 6.73. The summed E-state index contributed by atoms with van der Waals surface area (Å²) in [6, 6.07) is 22.4. The molecule has 36 heavy (non-hydrogen) atoms. The number of nitrogens with one attached hydrogen (secondary N) is 1. The predicted molar refractivity (Wildman–Crippen MR) is 151 cm³/mol. The quantitative estimate of drug-likeness (QED) is 0.283. The Morgan fingerprint density at radius 2 is 1.83 bits per heavy atom. The molecule has 0 saturated carbocycles. The smallest absolute Gasteiger partial charge is 0.174 e. The van der Waals surface area contributed by atoms with Crippen molar-refractivity contribution in [3.05, 3.63) is 106 Å². The number of pyridine rings is 1. The molecule has 1 aliphatic heterocycles. The normalized spacial score (nSPS) is 17.4. The van der Waals surface area contributed by atoms with E-state index in [1.54, 1.807) is 7.11 Å². The number of hydrogen-bond acceptors (Lipinski definition) is 3. The number of thiocarbonyl (C=S) groups is 1. The SMILES string of the molecule is CCc1ccc(N2C(=S)NC(c3ccccn3)C2c2cc(C)n(-c3cc(Cl)ccc3OC)c2C)cc1. The minimum absolute atomic E-state index is 0.0926. The molecular formula is C29H29ClN4OS. The van der Waals surface area contributed by atoms with Crippen LogP contribution in [0.2, 0.25) is 5.02 Å². The monoisotopic (exact) mass is 516 g/mol. The van der Waals surface area contributed by atoms with Gasteiger partial charge in [-0.3, -0.25) is 4.98 Å². The first-order valence-corrected chi connectivity index (χ1v) is 12.8. The van der Waals surface area contributed by atoms with Crippen LogP contribution in [0, 0.1) is 13.8 Å². The summed E-state index contributed by atoms with van der Waals surface area (Å²) >= 11 is 12.3. The zero-order chi connectivity index (χ0) is 25.4. The van der Waals surface area contributed by atoms with E-state index in [4.69, 9.17) is 28.6 Å². The van der Waals surface area contributed by atoms with E-state index in [9.17, 15) is 0 Å². The first-order valence-electron chi connectivity index (χ1n) is 12.0. The third kappa shape index (κ3) is 4.25. The molecule has 1 N–H and O–H groups in total. The average Bonchev–Trinajstić information content (AvgIpc) is 3.39. The van der Waals surface area contributed by atoms with Gasteiger partial charge in [0, 0.05) is 28.3 Å². The minimum Gasteiger partial charge on any atom is -0.495 e. The maximum atomic E-state index is 6.40. The number of rotatable bonds is 6. The Morgan fingerprint density at radius 1 is 1.06 bits per heavy atom. The number of aromatic nitrogens is 2. The Labute approximate surface area is 222 Å². The maximum absolute atomic E-state index is 6.40. The van der Waals surface area contributed by atoms with Gasteiger partial charge in [-0.2, -0.15) is 0 Å². The van der Waals surface area contributed by atoms with Gasteiger partial charge in [0.2, 0.25) is 0 Å². The summed E-state index contributed by atoms with van der Waals surface area (Å²) in [5, 5.41) is 4.91. The molecule has 0 bridgehead atoms. The minimum atomic E-state index is -0.111. The molecule has 0 amide bonds. The third-order valence-electron chi connectivity index (χ3n) is 6.89. The Bertz CT molecular complexity index is 1400. The summed E-state index contributed by atoms with van der Waals surface area (Å²) in [6.07, 6.45) is 2.82. The van der Waals surface area contributed by atoms with Crippen LogP contribution in [0.15, 0.2) is 72.9 Å². The molecule has 4 aromatic rings. The Morgan fingerprint density at radius 3 is 2.50 bits per heavy atom. The van der Waals surface area contributed by atoms with Crippen molar-refractivity contribution >= 4 is 34.6 Å². The fourth-order valence-electron chi connectivity index (χ4n) is 5.14.